The Labute approximate surface area is 55.8 Å². The van der Waals surface area contributed by atoms with Crippen molar-refractivity contribution >= 4 is 0 Å². The van der Waals surface area contributed by atoms with E-state index in [-0.39, 0.29) is 0 Å². The Kier molecular flexibility index (Phi) is 1.97. The van der Waals surface area contributed by atoms with Gasteiger partial charge in [-0.05, 0) is 24.8 Å². The maximum Gasteiger partial charge on any atom is 0.0951 e. The summed E-state index contributed by atoms with van der Waals surface area (Å²) in [6, 6.07) is 10.1. The zero-order valence-corrected chi connectivity index (χ0v) is 5.25. The summed E-state index contributed by atoms with van der Waals surface area (Å²) in [6.45, 7) is 3.60. The van der Waals surface area contributed by atoms with Crippen LogP contribution < -0.4 is 0 Å². The zero-order valence-electron chi connectivity index (χ0n) is 5.25. The van der Waals surface area contributed by atoms with Crippen LogP contribution in [0.1, 0.15) is 5.56 Å². The van der Waals surface area contributed by atoms with Gasteiger partial charge in [0.2, 0.25) is 0 Å². The Balaban J connectivity index is 2.72. The summed E-state index contributed by atoms with van der Waals surface area (Å²) in [5.74, 6) is 0. The van der Waals surface area contributed by atoms with Gasteiger partial charge in [-0.3, -0.25) is 0 Å². The molecule has 0 spiro atoms. The van der Waals surface area contributed by atoms with Crippen molar-refractivity contribution in [1.82, 2.24) is 0 Å². The van der Waals surface area contributed by atoms with Gasteiger partial charge in [0.25, 0.3) is 0 Å². The second kappa shape index (κ2) is 2.98. The molecule has 1 aromatic rings. The quantitative estimate of drug-likeness (QED) is 0.522. The minimum Gasteiger partial charge on any atom is -0.0425 e. The summed E-state index contributed by atoms with van der Waals surface area (Å²) in [4.78, 5) is 0. The van der Waals surface area contributed by atoms with Crippen LogP contribution in [0.5, 0.6) is 0 Å². The van der Waals surface area contributed by atoms with E-state index in [9.17, 15) is 0 Å². The number of hydrogen-bond donors (Lipinski definition) is 0. The predicted molar refractivity (Wildman–Crippen MR) is 40.0 cm³/mol. The molecule has 1 aromatic carbocycles. The van der Waals surface area contributed by atoms with Gasteiger partial charge >= 0.3 is 0 Å². The van der Waals surface area contributed by atoms with Gasteiger partial charge in [-0.1, -0.05) is 0 Å². The number of hydrogen-bond acceptors (Lipinski definition) is 0. The van der Waals surface area contributed by atoms with Gasteiger partial charge in [0.05, 0.1) is 5.56 Å². The maximum atomic E-state index is 3.60. The molecule has 0 N–H and O–H groups in total. The van der Waals surface area contributed by atoms with E-state index < -0.39 is 0 Å². The first-order valence-electron chi connectivity index (χ1n) is 2.94. The Morgan fingerprint density at radius 3 is 2.44 bits per heavy atom. The van der Waals surface area contributed by atoms with Crippen LogP contribution in [0.15, 0.2) is 43.0 Å². The molecule has 0 nitrogen and oxygen atoms in total. The number of rotatable bonds is 2. The van der Waals surface area contributed by atoms with E-state index in [1.807, 2.05) is 36.8 Å². The van der Waals surface area contributed by atoms with Crippen LogP contribution in [0.25, 0.3) is 0 Å². The van der Waals surface area contributed by atoms with Crippen molar-refractivity contribution in [2.24, 2.45) is 0 Å². The first-order valence-corrected chi connectivity index (χ1v) is 2.94. The highest BCUT2D eigenvalue weighted by Gasteiger charge is 1.90. The molecule has 44 valence electrons. The summed E-state index contributed by atoms with van der Waals surface area (Å²) in [5.41, 5.74) is 1.20. The van der Waals surface area contributed by atoms with Crippen molar-refractivity contribution < 1.29 is 0 Å². The van der Waals surface area contributed by atoms with Crippen molar-refractivity contribution in [3.05, 3.63) is 55.0 Å². The Hall–Kier alpha value is -1.17. The molecule has 9 heavy (non-hydrogen) atoms. The highest BCUT2D eigenvalue weighted by Crippen LogP contribution is 2.00. The summed E-state index contributed by atoms with van der Waals surface area (Å²) in [5, 5.41) is 0. The van der Waals surface area contributed by atoms with Crippen LogP contribution in [-0.4, -0.2) is 0 Å². The normalized spacial score (nSPS) is 8.44. The van der Waals surface area contributed by atoms with Crippen molar-refractivity contribution in [3.8, 4) is 0 Å². The molecule has 0 radical (unpaired) electrons. The average molecular weight is 117 g/mol. The topological polar surface area (TPSA) is 0 Å². The van der Waals surface area contributed by atoms with Gasteiger partial charge in [-0.2, -0.15) is 0 Å². The number of allylic oxidation sites excluding steroid dienone is 1. The van der Waals surface area contributed by atoms with Crippen LogP contribution in [0, 0.1) is 6.42 Å². The predicted octanol–water partition coefficient (Wildman–Crippen LogP) is 2.42. The summed E-state index contributed by atoms with van der Waals surface area (Å²) in [7, 11) is 0. The van der Waals surface area contributed by atoms with Crippen molar-refractivity contribution in [2.75, 3.05) is 0 Å². The summed E-state index contributed by atoms with van der Waals surface area (Å²) >= 11 is 0. The minimum absolute atomic E-state index is 1.20. The number of benzene rings is 1. The molecule has 0 saturated heterocycles. The lowest BCUT2D eigenvalue weighted by atomic mass is 10.2. The van der Waals surface area contributed by atoms with E-state index in [1.54, 1.807) is 6.08 Å². The average Bonchev–Trinajstić information content (AvgIpc) is 1.91. The van der Waals surface area contributed by atoms with E-state index in [4.69, 9.17) is 0 Å². The van der Waals surface area contributed by atoms with Crippen molar-refractivity contribution in [3.63, 3.8) is 0 Å². The largest absolute Gasteiger partial charge is 0.0951 e. The van der Waals surface area contributed by atoms with Crippen LogP contribution in [0.4, 0.5) is 0 Å². The minimum atomic E-state index is 1.20. The molecule has 0 bridgehead atoms. The van der Waals surface area contributed by atoms with E-state index in [2.05, 4.69) is 6.58 Å². The van der Waals surface area contributed by atoms with Crippen LogP contribution in [0.2, 0.25) is 0 Å². The second-order valence-electron chi connectivity index (χ2n) is 1.81. The van der Waals surface area contributed by atoms with Gasteiger partial charge in [-0.15, -0.1) is 0 Å². The molecule has 0 aliphatic carbocycles. The molecule has 0 saturated carbocycles. The third kappa shape index (κ3) is 1.65. The monoisotopic (exact) mass is 117 g/mol. The van der Waals surface area contributed by atoms with E-state index in [0.29, 0.717) is 0 Å². The summed E-state index contributed by atoms with van der Waals surface area (Å²) in [6.07, 6.45) is 3.76. The third-order valence-corrected chi connectivity index (χ3v) is 1.11. The second-order valence-corrected chi connectivity index (χ2v) is 1.81. The first kappa shape index (κ1) is 5.96. The lowest BCUT2D eigenvalue weighted by Crippen LogP contribution is -1.72. The fraction of sp³-hybridized carbons (Fsp3) is 0. The highest BCUT2D eigenvalue weighted by atomic mass is 13.9. The van der Waals surface area contributed by atoms with E-state index >= 15 is 0 Å². The van der Waals surface area contributed by atoms with Crippen molar-refractivity contribution in [2.45, 2.75) is 0 Å². The van der Waals surface area contributed by atoms with Gasteiger partial charge in [0.1, 0.15) is 0 Å². The molecular formula is C9H9+. The van der Waals surface area contributed by atoms with Gasteiger partial charge in [0.15, 0.2) is 0 Å². The fourth-order valence-electron chi connectivity index (χ4n) is 0.700. The molecule has 0 atom stereocenters. The summed E-state index contributed by atoms with van der Waals surface area (Å²) < 4.78 is 0. The van der Waals surface area contributed by atoms with E-state index in [0.717, 1.165) is 0 Å². The molecule has 0 amide bonds. The lowest BCUT2D eigenvalue weighted by Gasteiger charge is -1.82. The van der Waals surface area contributed by atoms with Gasteiger partial charge < -0.3 is 0 Å². The fourth-order valence-corrected chi connectivity index (χ4v) is 0.700. The molecule has 0 unspecified atom stereocenters. The van der Waals surface area contributed by atoms with Gasteiger partial charge in [-0.25, -0.2) is 0 Å². The molecule has 0 aliphatic rings. The molecule has 1 rings (SSSR count). The lowest BCUT2D eigenvalue weighted by molar-refractivity contribution is 1.53. The molecule has 0 heteroatoms. The Morgan fingerprint density at radius 1 is 1.22 bits per heavy atom. The smallest absolute Gasteiger partial charge is 0.0425 e. The molecular weight excluding hydrogens is 108 g/mol. The van der Waals surface area contributed by atoms with Gasteiger partial charge in [0, 0.05) is 24.6 Å². The Morgan fingerprint density at radius 2 is 1.89 bits per heavy atom. The van der Waals surface area contributed by atoms with Crippen LogP contribution >= 0.6 is 0 Å². The maximum absolute atomic E-state index is 3.60. The first-order chi connectivity index (χ1) is 4.43. The SMILES string of the molecule is C=C[CH+]c1ccccc1. The van der Waals surface area contributed by atoms with Crippen LogP contribution in [0.3, 0.4) is 0 Å². The standard InChI is InChI=1S/C9H9/c1-2-6-9-7-4-3-5-8-9/h2-8H,1H2/q+1. The molecule has 0 aromatic heterocycles. The molecule has 0 fully saturated rings. The van der Waals surface area contributed by atoms with Crippen LogP contribution in [-0.2, 0) is 0 Å². The molecule has 0 heterocycles. The van der Waals surface area contributed by atoms with Crippen molar-refractivity contribution in [1.29, 1.82) is 0 Å². The highest BCUT2D eigenvalue weighted by molar-refractivity contribution is 5.26. The third-order valence-electron chi connectivity index (χ3n) is 1.11. The Bertz CT molecular complexity index is 174. The molecule has 0 aliphatic heterocycles. The van der Waals surface area contributed by atoms with E-state index in [1.165, 1.54) is 5.56 Å². The zero-order chi connectivity index (χ0) is 6.53.